The van der Waals surface area contributed by atoms with E-state index in [1.807, 2.05) is 13.8 Å². The Balaban J connectivity index is 2.15. The van der Waals surface area contributed by atoms with E-state index in [1.165, 1.54) is 40.4 Å². The van der Waals surface area contributed by atoms with Gasteiger partial charge >= 0.3 is 0 Å². The van der Waals surface area contributed by atoms with E-state index in [1.54, 1.807) is 37.3 Å². The minimum atomic E-state index is -3.54. The lowest BCUT2D eigenvalue weighted by atomic mass is 10.0. The summed E-state index contributed by atoms with van der Waals surface area (Å²) in [5, 5.41) is 5.68. The van der Waals surface area contributed by atoms with E-state index in [0.717, 1.165) is 9.87 Å². The Morgan fingerprint density at radius 2 is 1.41 bits per heavy atom. The fourth-order valence-corrected chi connectivity index (χ4v) is 4.13. The molecule has 2 aromatic rings. The first kappa shape index (κ1) is 27.1. The largest absolute Gasteiger partial charge is 0.497 e. The zero-order valence-corrected chi connectivity index (χ0v) is 21.4. The van der Waals surface area contributed by atoms with E-state index in [4.69, 9.17) is 9.47 Å². The molecule has 2 unspecified atom stereocenters. The van der Waals surface area contributed by atoms with E-state index >= 15 is 0 Å². The topological polar surface area (TPSA) is 114 Å². The standard InChI is InChI=1S/C24H33N3O6S/c1-15(2)22(26-23(28)18-12-19(32-6)14-20(13-18)33-7)24(29)25-16(3)17-8-10-21(11-9-17)34(30,31)27(4)5/h8-16,22H,1-7H3,(H,25,29)(H,26,28). The molecular weight excluding hydrogens is 458 g/mol. The summed E-state index contributed by atoms with van der Waals surface area (Å²) < 4.78 is 36.1. The average Bonchev–Trinajstić information content (AvgIpc) is 2.81. The predicted molar refractivity (Wildman–Crippen MR) is 130 cm³/mol. The Hall–Kier alpha value is -3.11. The van der Waals surface area contributed by atoms with E-state index in [0.29, 0.717) is 17.1 Å². The summed E-state index contributed by atoms with van der Waals surface area (Å²) in [4.78, 5) is 26.1. The predicted octanol–water partition coefficient (Wildman–Crippen LogP) is 2.59. The molecule has 0 heterocycles. The van der Waals surface area contributed by atoms with Gasteiger partial charge in [-0.15, -0.1) is 0 Å². The number of methoxy groups -OCH3 is 2. The number of carbonyl (C=O) groups is 2. The van der Waals surface area contributed by atoms with Crippen molar-refractivity contribution < 1.29 is 27.5 Å². The molecule has 0 aliphatic rings. The number of ether oxygens (including phenoxy) is 2. The molecule has 0 fully saturated rings. The number of nitrogens with one attached hydrogen (secondary N) is 2. The summed E-state index contributed by atoms with van der Waals surface area (Å²) in [7, 11) is 2.38. The minimum absolute atomic E-state index is 0.167. The van der Waals surface area contributed by atoms with Crippen LogP contribution in [0.15, 0.2) is 47.4 Å². The number of hydrogen-bond donors (Lipinski definition) is 2. The first-order valence-corrected chi connectivity index (χ1v) is 12.2. The van der Waals surface area contributed by atoms with Gasteiger partial charge in [-0.3, -0.25) is 9.59 Å². The van der Waals surface area contributed by atoms with Gasteiger partial charge in [0.15, 0.2) is 0 Å². The van der Waals surface area contributed by atoms with Gasteiger partial charge in [0.05, 0.1) is 25.2 Å². The van der Waals surface area contributed by atoms with Crippen LogP contribution in [0.3, 0.4) is 0 Å². The van der Waals surface area contributed by atoms with Crippen LogP contribution in [0, 0.1) is 5.92 Å². The molecule has 0 aromatic heterocycles. The summed E-state index contributed by atoms with van der Waals surface area (Å²) in [6, 6.07) is 9.92. The number of nitrogens with zero attached hydrogens (tertiary/aromatic N) is 1. The number of amides is 2. The average molecular weight is 492 g/mol. The highest BCUT2D eigenvalue weighted by Gasteiger charge is 2.27. The molecule has 34 heavy (non-hydrogen) atoms. The van der Waals surface area contributed by atoms with E-state index < -0.39 is 28.0 Å². The molecule has 0 spiro atoms. The fraction of sp³-hybridized carbons (Fsp3) is 0.417. The fourth-order valence-electron chi connectivity index (χ4n) is 3.22. The van der Waals surface area contributed by atoms with Gasteiger partial charge in [-0.1, -0.05) is 26.0 Å². The van der Waals surface area contributed by atoms with E-state index in [9.17, 15) is 18.0 Å². The van der Waals surface area contributed by atoms with Crippen molar-refractivity contribution >= 4 is 21.8 Å². The molecule has 9 nitrogen and oxygen atoms in total. The molecule has 0 radical (unpaired) electrons. The zero-order chi connectivity index (χ0) is 25.6. The van der Waals surface area contributed by atoms with Gasteiger partial charge in [-0.05, 0) is 42.7 Å². The lowest BCUT2D eigenvalue weighted by Crippen LogP contribution is -2.50. The number of hydrogen-bond acceptors (Lipinski definition) is 6. The van der Waals surface area contributed by atoms with Crippen LogP contribution in [0.2, 0.25) is 0 Å². The summed E-state index contributed by atoms with van der Waals surface area (Å²) in [5.41, 5.74) is 1.04. The molecule has 2 rings (SSSR count). The van der Waals surface area contributed by atoms with Crippen molar-refractivity contribution in [2.24, 2.45) is 5.92 Å². The maximum atomic E-state index is 13.0. The van der Waals surface area contributed by atoms with Crippen LogP contribution >= 0.6 is 0 Å². The Kier molecular flexibility index (Phi) is 9.06. The first-order chi connectivity index (χ1) is 15.9. The lowest BCUT2D eigenvalue weighted by molar-refractivity contribution is -0.124. The molecular formula is C24H33N3O6S. The van der Waals surface area contributed by atoms with Crippen molar-refractivity contribution in [1.82, 2.24) is 14.9 Å². The third-order valence-corrected chi connectivity index (χ3v) is 7.20. The van der Waals surface area contributed by atoms with Crippen molar-refractivity contribution in [2.75, 3.05) is 28.3 Å². The maximum Gasteiger partial charge on any atom is 0.252 e. The molecule has 2 amide bonds. The molecule has 186 valence electrons. The van der Waals surface area contributed by atoms with Gasteiger partial charge < -0.3 is 20.1 Å². The smallest absolute Gasteiger partial charge is 0.252 e. The monoisotopic (exact) mass is 491 g/mol. The van der Waals surface area contributed by atoms with Gasteiger partial charge in [0, 0.05) is 25.7 Å². The number of sulfonamides is 1. The van der Waals surface area contributed by atoms with Gasteiger partial charge in [-0.25, -0.2) is 12.7 Å². The third-order valence-electron chi connectivity index (χ3n) is 5.37. The van der Waals surface area contributed by atoms with Gasteiger partial charge in [0.25, 0.3) is 5.91 Å². The second-order valence-corrected chi connectivity index (χ2v) is 10.5. The highest BCUT2D eigenvalue weighted by atomic mass is 32.2. The summed E-state index contributed by atoms with van der Waals surface area (Å²) in [6.07, 6.45) is 0. The molecule has 0 saturated heterocycles. The van der Waals surface area contributed by atoms with Crippen LogP contribution in [0.25, 0.3) is 0 Å². The van der Waals surface area contributed by atoms with Crippen molar-refractivity contribution in [1.29, 1.82) is 0 Å². The molecule has 2 aromatic carbocycles. The second-order valence-electron chi connectivity index (χ2n) is 8.38. The Labute approximate surface area is 201 Å². The van der Waals surface area contributed by atoms with Crippen molar-refractivity contribution in [3.8, 4) is 11.5 Å². The molecule has 2 atom stereocenters. The highest BCUT2D eigenvalue weighted by molar-refractivity contribution is 7.89. The van der Waals surface area contributed by atoms with Crippen molar-refractivity contribution in [3.63, 3.8) is 0 Å². The molecule has 0 saturated carbocycles. The molecule has 0 bridgehead atoms. The second kappa shape index (κ2) is 11.3. The minimum Gasteiger partial charge on any atom is -0.497 e. The van der Waals surface area contributed by atoms with Crippen LogP contribution < -0.4 is 20.1 Å². The van der Waals surface area contributed by atoms with Crippen LogP contribution in [0.5, 0.6) is 11.5 Å². The summed E-state index contributed by atoms with van der Waals surface area (Å²) in [5.74, 6) is -0.0456. The van der Waals surface area contributed by atoms with Gasteiger partial charge in [0.1, 0.15) is 17.5 Å². The Morgan fingerprint density at radius 3 is 1.85 bits per heavy atom. The normalized spacial score (nSPS) is 13.3. The molecule has 0 aliphatic carbocycles. The lowest BCUT2D eigenvalue weighted by Gasteiger charge is -2.24. The molecule has 0 aliphatic heterocycles. The molecule has 10 heteroatoms. The van der Waals surface area contributed by atoms with Gasteiger partial charge in [-0.2, -0.15) is 0 Å². The van der Waals surface area contributed by atoms with Crippen LogP contribution in [-0.2, 0) is 14.8 Å². The number of rotatable bonds is 10. The summed E-state index contributed by atoms with van der Waals surface area (Å²) >= 11 is 0. The summed E-state index contributed by atoms with van der Waals surface area (Å²) in [6.45, 7) is 5.46. The molecule has 2 N–H and O–H groups in total. The van der Waals surface area contributed by atoms with E-state index in [-0.39, 0.29) is 16.7 Å². The van der Waals surface area contributed by atoms with Crippen LogP contribution in [0.1, 0.15) is 42.7 Å². The maximum absolute atomic E-state index is 13.0. The van der Waals surface area contributed by atoms with Crippen molar-refractivity contribution in [3.05, 3.63) is 53.6 Å². The SMILES string of the molecule is COc1cc(OC)cc(C(=O)NC(C(=O)NC(C)c2ccc(S(=O)(=O)N(C)C)cc2)C(C)C)c1. The van der Waals surface area contributed by atoms with Crippen LogP contribution in [0.4, 0.5) is 0 Å². The Bertz CT molecular complexity index is 1090. The number of carbonyl (C=O) groups excluding carboxylic acids is 2. The quantitative estimate of drug-likeness (QED) is 0.528. The first-order valence-electron chi connectivity index (χ1n) is 10.8. The van der Waals surface area contributed by atoms with Crippen molar-refractivity contribution in [2.45, 2.75) is 37.8 Å². The number of benzene rings is 2. The Morgan fingerprint density at radius 1 is 0.882 bits per heavy atom. The highest BCUT2D eigenvalue weighted by Crippen LogP contribution is 2.23. The zero-order valence-electron chi connectivity index (χ0n) is 20.6. The van der Waals surface area contributed by atoms with E-state index in [2.05, 4.69) is 10.6 Å². The third kappa shape index (κ3) is 6.48. The van der Waals surface area contributed by atoms with Crippen LogP contribution in [-0.4, -0.2) is 58.9 Å². The van der Waals surface area contributed by atoms with Gasteiger partial charge in [0.2, 0.25) is 15.9 Å².